The third-order valence-corrected chi connectivity index (χ3v) is 7.76. The Hall–Kier alpha value is -0.630. The summed E-state index contributed by atoms with van der Waals surface area (Å²) in [5.74, 6) is 2.65. The van der Waals surface area contributed by atoms with E-state index >= 15 is 0 Å². The van der Waals surface area contributed by atoms with Crippen molar-refractivity contribution < 1.29 is 9.90 Å². The molecule has 5 atom stereocenters. The first-order valence-corrected chi connectivity index (χ1v) is 8.87. The molecule has 0 unspecified atom stereocenters. The number of rotatable bonds is 0. The summed E-state index contributed by atoms with van der Waals surface area (Å²) in [6, 6.07) is 0. The zero-order chi connectivity index (χ0) is 14.8. The average molecular weight is 288 g/mol. The van der Waals surface area contributed by atoms with Crippen LogP contribution in [0.3, 0.4) is 0 Å². The van der Waals surface area contributed by atoms with E-state index in [9.17, 15) is 9.90 Å². The Morgan fingerprint density at radius 2 is 1.86 bits per heavy atom. The second-order valence-electron chi connectivity index (χ2n) is 8.53. The van der Waals surface area contributed by atoms with Crippen molar-refractivity contribution in [3.63, 3.8) is 0 Å². The molecule has 4 rings (SSSR count). The van der Waals surface area contributed by atoms with Gasteiger partial charge in [0.15, 0.2) is 0 Å². The van der Waals surface area contributed by atoms with Crippen LogP contribution in [0.1, 0.15) is 71.6 Å². The number of hydrogen-bond donors (Lipinski definition) is 1. The molecule has 116 valence electrons. The first-order chi connectivity index (χ1) is 9.92. The quantitative estimate of drug-likeness (QED) is 0.683. The zero-order valence-electron chi connectivity index (χ0n) is 13.5. The minimum Gasteiger partial charge on any atom is -0.390 e. The van der Waals surface area contributed by atoms with Crippen molar-refractivity contribution in [2.75, 3.05) is 0 Å². The van der Waals surface area contributed by atoms with Crippen LogP contribution in [0.15, 0.2) is 11.1 Å². The Bertz CT molecular complexity index is 516. The highest BCUT2D eigenvalue weighted by atomic mass is 16.3. The van der Waals surface area contributed by atoms with Crippen LogP contribution >= 0.6 is 0 Å². The molecule has 0 radical (unpaired) electrons. The topological polar surface area (TPSA) is 37.3 Å². The van der Waals surface area contributed by atoms with E-state index in [0.717, 1.165) is 50.4 Å². The Balaban J connectivity index is 1.66. The number of allylic oxidation sites excluding steroid dienone is 2. The molecule has 4 aliphatic carbocycles. The molecule has 21 heavy (non-hydrogen) atoms. The number of hydrogen-bond acceptors (Lipinski definition) is 2. The van der Waals surface area contributed by atoms with Gasteiger partial charge in [0, 0.05) is 12.8 Å². The lowest BCUT2D eigenvalue weighted by molar-refractivity contribution is -0.119. The Morgan fingerprint density at radius 1 is 1.05 bits per heavy atom. The molecule has 2 fully saturated rings. The van der Waals surface area contributed by atoms with Crippen LogP contribution < -0.4 is 0 Å². The van der Waals surface area contributed by atoms with E-state index in [1.165, 1.54) is 24.8 Å². The van der Waals surface area contributed by atoms with E-state index < -0.39 is 5.60 Å². The summed E-state index contributed by atoms with van der Waals surface area (Å²) < 4.78 is 0. The number of fused-ring (bicyclic) bond motifs is 4. The molecule has 2 saturated carbocycles. The molecule has 0 aromatic heterocycles. The molecule has 0 aromatic rings. The maximum atomic E-state index is 11.7. The van der Waals surface area contributed by atoms with Crippen LogP contribution in [0.25, 0.3) is 0 Å². The molecule has 0 bridgehead atoms. The third-order valence-electron chi connectivity index (χ3n) is 7.76. The molecule has 0 heterocycles. The lowest BCUT2D eigenvalue weighted by Crippen LogP contribution is -2.50. The highest BCUT2D eigenvalue weighted by Crippen LogP contribution is 2.64. The summed E-state index contributed by atoms with van der Waals surface area (Å²) >= 11 is 0. The van der Waals surface area contributed by atoms with E-state index in [1.54, 1.807) is 5.57 Å². The van der Waals surface area contributed by atoms with E-state index in [0.29, 0.717) is 11.7 Å². The van der Waals surface area contributed by atoms with Crippen LogP contribution in [0.4, 0.5) is 0 Å². The predicted molar refractivity (Wildman–Crippen MR) is 82.8 cm³/mol. The first kappa shape index (κ1) is 14.0. The minimum absolute atomic E-state index is 0.122. The molecule has 0 spiro atoms. The summed E-state index contributed by atoms with van der Waals surface area (Å²) in [6.45, 7) is 4.41. The van der Waals surface area contributed by atoms with Crippen molar-refractivity contribution in [1.29, 1.82) is 0 Å². The van der Waals surface area contributed by atoms with Crippen LogP contribution in [0.5, 0.6) is 0 Å². The number of ketones is 1. The molecule has 0 aliphatic heterocycles. The zero-order valence-corrected chi connectivity index (χ0v) is 13.5. The lowest BCUT2D eigenvalue weighted by Gasteiger charge is -2.53. The van der Waals surface area contributed by atoms with Crippen molar-refractivity contribution in [1.82, 2.24) is 0 Å². The van der Waals surface area contributed by atoms with Crippen LogP contribution in [-0.2, 0) is 4.79 Å². The molecular formula is C19H28O2. The van der Waals surface area contributed by atoms with Gasteiger partial charge in [-0.2, -0.15) is 0 Å². The largest absolute Gasteiger partial charge is 0.390 e. The Morgan fingerprint density at radius 3 is 2.67 bits per heavy atom. The van der Waals surface area contributed by atoms with Gasteiger partial charge in [0.05, 0.1) is 5.60 Å². The van der Waals surface area contributed by atoms with Gasteiger partial charge in [-0.05, 0) is 75.0 Å². The van der Waals surface area contributed by atoms with E-state index in [2.05, 4.69) is 13.8 Å². The normalized spacial score (nSPS) is 49.7. The maximum Gasteiger partial charge on any atom is 0.137 e. The van der Waals surface area contributed by atoms with Crippen molar-refractivity contribution in [3.05, 3.63) is 11.1 Å². The maximum absolute atomic E-state index is 11.7. The average Bonchev–Trinajstić information content (AvgIpc) is 2.69. The second-order valence-corrected chi connectivity index (χ2v) is 8.53. The molecule has 2 heteroatoms. The lowest BCUT2D eigenvalue weighted by atomic mass is 9.52. The summed E-state index contributed by atoms with van der Waals surface area (Å²) in [5, 5.41) is 10.8. The van der Waals surface area contributed by atoms with Crippen molar-refractivity contribution >= 4 is 5.78 Å². The van der Waals surface area contributed by atoms with Crippen molar-refractivity contribution in [3.8, 4) is 0 Å². The fourth-order valence-corrected chi connectivity index (χ4v) is 6.29. The summed E-state index contributed by atoms with van der Waals surface area (Å²) in [5.41, 5.74) is 2.82. The standard InChI is InChI=1S/C19H28O2/c1-18-9-7-15-14-6-4-13(20)11-12(14)3-5-16(15)17(18)8-10-19(18,2)21/h15-17,21H,3-11H2,1-2H3/t15-,16-,17-,18+,19+/m1/s1. The fraction of sp³-hybridized carbons (Fsp3) is 0.842. The number of aliphatic hydroxyl groups is 1. The Labute approximate surface area is 128 Å². The molecular weight excluding hydrogens is 260 g/mol. The number of carbonyl (C=O) groups excluding carboxylic acids is 1. The van der Waals surface area contributed by atoms with Crippen LogP contribution in [0.2, 0.25) is 0 Å². The van der Waals surface area contributed by atoms with Gasteiger partial charge in [-0.3, -0.25) is 4.79 Å². The van der Waals surface area contributed by atoms with Crippen molar-refractivity contribution in [2.45, 2.75) is 77.2 Å². The van der Waals surface area contributed by atoms with Gasteiger partial charge in [-0.1, -0.05) is 18.1 Å². The predicted octanol–water partition coefficient (Wildman–Crippen LogP) is 4.02. The van der Waals surface area contributed by atoms with E-state index in [4.69, 9.17) is 0 Å². The summed E-state index contributed by atoms with van der Waals surface area (Å²) in [7, 11) is 0. The number of carbonyl (C=O) groups is 1. The van der Waals surface area contributed by atoms with Gasteiger partial charge in [0.25, 0.3) is 0 Å². The minimum atomic E-state index is -0.472. The van der Waals surface area contributed by atoms with E-state index in [-0.39, 0.29) is 5.41 Å². The SMILES string of the molecule is C[C@]1(O)CC[C@@H]2[C@@H]3CCC4=C(CCC(=O)C4)[C@H]3CC[C@@]21C. The molecule has 0 amide bonds. The molecule has 2 nitrogen and oxygen atoms in total. The fourth-order valence-electron chi connectivity index (χ4n) is 6.29. The van der Waals surface area contributed by atoms with Crippen LogP contribution in [0, 0.1) is 23.2 Å². The van der Waals surface area contributed by atoms with Gasteiger partial charge in [0.2, 0.25) is 0 Å². The van der Waals surface area contributed by atoms with Gasteiger partial charge in [-0.25, -0.2) is 0 Å². The van der Waals surface area contributed by atoms with Gasteiger partial charge < -0.3 is 5.11 Å². The molecule has 4 aliphatic rings. The molecule has 0 aromatic carbocycles. The van der Waals surface area contributed by atoms with Gasteiger partial charge in [0.1, 0.15) is 5.78 Å². The summed E-state index contributed by atoms with van der Waals surface area (Å²) in [6.07, 6.45) is 9.55. The molecule has 0 saturated heterocycles. The highest BCUT2D eigenvalue weighted by molar-refractivity contribution is 5.82. The third kappa shape index (κ3) is 1.84. The smallest absolute Gasteiger partial charge is 0.137 e. The van der Waals surface area contributed by atoms with Crippen molar-refractivity contribution in [2.24, 2.45) is 23.2 Å². The van der Waals surface area contributed by atoms with Gasteiger partial charge in [-0.15, -0.1) is 0 Å². The Kier molecular flexibility index (Phi) is 2.96. The van der Waals surface area contributed by atoms with Crippen LogP contribution in [-0.4, -0.2) is 16.5 Å². The monoisotopic (exact) mass is 288 g/mol. The number of Topliss-reactive ketones (excluding diaryl/α,β-unsaturated/α-hetero) is 1. The van der Waals surface area contributed by atoms with E-state index in [1.807, 2.05) is 0 Å². The summed E-state index contributed by atoms with van der Waals surface area (Å²) in [4.78, 5) is 11.7. The second kappa shape index (κ2) is 4.44. The first-order valence-electron chi connectivity index (χ1n) is 8.87. The molecule has 1 N–H and O–H groups in total. The van der Waals surface area contributed by atoms with Gasteiger partial charge >= 0.3 is 0 Å². The highest BCUT2D eigenvalue weighted by Gasteiger charge is 2.59.